The van der Waals surface area contributed by atoms with Crippen LogP contribution in [-0.2, 0) is 9.84 Å². The Hall–Kier alpha value is -2.80. The average Bonchev–Trinajstić information content (AvgIpc) is 2.60. The second kappa shape index (κ2) is 6.42. The lowest BCUT2D eigenvalue weighted by molar-refractivity contribution is 0.0659. The highest BCUT2D eigenvalue weighted by Gasteiger charge is 2.40. The lowest BCUT2D eigenvalue weighted by Gasteiger charge is -2.38. The molecule has 0 N–H and O–H groups in total. The molecule has 7 heteroatoms. The maximum absolute atomic E-state index is 13.0. The van der Waals surface area contributed by atoms with Crippen molar-refractivity contribution >= 4 is 26.6 Å². The molecule has 1 amide bonds. The number of likely N-dealkylation sites (tertiary alicyclic amines) is 1. The van der Waals surface area contributed by atoms with E-state index in [1.54, 1.807) is 24.4 Å². The second-order valence-electron chi connectivity index (χ2n) is 6.69. The average molecular weight is 384 g/mol. The summed E-state index contributed by atoms with van der Waals surface area (Å²) in [4.78, 5) is 18.6. The quantitative estimate of drug-likeness (QED) is 0.651. The summed E-state index contributed by atoms with van der Waals surface area (Å²) in [5.41, 5.74) is 2.35. The topological polar surface area (TPSA) is 67.3 Å². The summed E-state index contributed by atoms with van der Waals surface area (Å²) in [5.74, 6) is -0.689. The fourth-order valence-corrected chi connectivity index (χ4v) is 4.87. The van der Waals surface area contributed by atoms with E-state index < -0.39 is 20.9 Å². The number of carbonyl (C=O) groups excluding carboxylic acids is 1. The summed E-state index contributed by atoms with van der Waals surface area (Å²) in [6.45, 7) is 2.21. The number of amides is 1. The van der Waals surface area contributed by atoms with Gasteiger partial charge in [-0.05, 0) is 61.0 Å². The largest absolute Gasteiger partial charge is 0.336 e. The molecule has 0 saturated carbocycles. The van der Waals surface area contributed by atoms with Crippen LogP contribution in [0.1, 0.15) is 15.9 Å². The smallest absolute Gasteiger partial charge is 0.253 e. The molecule has 1 aromatic heterocycles. The van der Waals surface area contributed by atoms with Crippen molar-refractivity contribution in [3.63, 3.8) is 0 Å². The van der Waals surface area contributed by atoms with E-state index in [1.807, 2.05) is 13.0 Å². The van der Waals surface area contributed by atoms with Crippen LogP contribution >= 0.6 is 0 Å². The molecule has 0 spiro atoms. The molecular formula is C20H17FN2O3S. The van der Waals surface area contributed by atoms with Gasteiger partial charge in [0.05, 0.1) is 10.4 Å². The van der Waals surface area contributed by atoms with Gasteiger partial charge in [0, 0.05) is 30.2 Å². The summed E-state index contributed by atoms with van der Waals surface area (Å²) < 4.78 is 38.2. The molecule has 1 saturated heterocycles. The first-order valence-corrected chi connectivity index (χ1v) is 10.0. The Morgan fingerprint density at radius 3 is 2.52 bits per heavy atom. The van der Waals surface area contributed by atoms with Crippen molar-refractivity contribution in [1.29, 1.82) is 0 Å². The molecule has 4 rings (SSSR count). The summed E-state index contributed by atoms with van der Waals surface area (Å²) in [5, 5.41) is 0.232. The van der Waals surface area contributed by atoms with Crippen LogP contribution in [0.2, 0.25) is 0 Å². The number of pyridine rings is 1. The number of carbonyl (C=O) groups is 1. The molecule has 27 heavy (non-hydrogen) atoms. The van der Waals surface area contributed by atoms with Crippen molar-refractivity contribution in [3.05, 3.63) is 71.7 Å². The number of rotatable bonds is 3. The molecule has 1 aliphatic rings. The summed E-state index contributed by atoms with van der Waals surface area (Å²) >= 11 is 0. The maximum atomic E-state index is 13.0. The van der Waals surface area contributed by atoms with Gasteiger partial charge in [-0.2, -0.15) is 0 Å². The first-order chi connectivity index (χ1) is 12.9. The molecule has 1 aliphatic heterocycles. The molecule has 0 unspecified atom stereocenters. The zero-order valence-electron chi connectivity index (χ0n) is 14.6. The van der Waals surface area contributed by atoms with Crippen molar-refractivity contribution in [2.75, 3.05) is 13.1 Å². The molecule has 0 bridgehead atoms. The van der Waals surface area contributed by atoms with Crippen LogP contribution in [0.25, 0.3) is 10.9 Å². The second-order valence-corrected chi connectivity index (χ2v) is 8.92. The fourth-order valence-electron chi connectivity index (χ4n) is 3.22. The number of nitrogens with zero attached hydrogens (tertiary/aromatic N) is 2. The van der Waals surface area contributed by atoms with Crippen LogP contribution in [0, 0.1) is 12.7 Å². The van der Waals surface area contributed by atoms with Crippen LogP contribution in [-0.4, -0.2) is 42.5 Å². The molecule has 0 atom stereocenters. The Balaban J connectivity index is 1.51. The van der Waals surface area contributed by atoms with Crippen LogP contribution in [0.15, 0.2) is 59.6 Å². The van der Waals surface area contributed by atoms with E-state index in [4.69, 9.17) is 0 Å². The van der Waals surface area contributed by atoms with E-state index in [0.29, 0.717) is 5.56 Å². The maximum Gasteiger partial charge on any atom is 0.253 e. The molecule has 138 valence electrons. The number of benzene rings is 2. The standard InChI is InChI=1S/C20H17FN2O3S/c1-13-8-9-22-19-7-2-14(10-18(13)19)20(24)23-11-17(12-23)27(25,26)16-5-3-15(21)4-6-16/h2-10,17H,11-12H2,1H3. The zero-order chi connectivity index (χ0) is 19.2. The minimum atomic E-state index is -3.58. The van der Waals surface area contributed by atoms with E-state index in [9.17, 15) is 17.6 Å². The van der Waals surface area contributed by atoms with Crippen LogP contribution in [0.4, 0.5) is 4.39 Å². The number of sulfone groups is 1. The lowest BCUT2D eigenvalue weighted by Crippen LogP contribution is -2.56. The zero-order valence-corrected chi connectivity index (χ0v) is 15.4. The predicted molar refractivity (Wildman–Crippen MR) is 99.8 cm³/mol. The van der Waals surface area contributed by atoms with Gasteiger partial charge in [0.25, 0.3) is 5.91 Å². The van der Waals surface area contributed by atoms with E-state index in [0.717, 1.165) is 28.6 Å². The Bertz CT molecular complexity index is 1140. The van der Waals surface area contributed by atoms with Gasteiger partial charge in [0.15, 0.2) is 9.84 Å². The third-order valence-electron chi connectivity index (χ3n) is 4.92. The van der Waals surface area contributed by atoms with Crippen molar-refractivity contribution in [1.82, 2.24) is 9.88 Å². The normalized spacial score (nSPS) is 15.0. The van der Waals surface area contributed by atoms with Gasteiger partial charge in [-0.1, -0.05) is 0 Å². The highest BCUT2D eigenvalue weighted by Crippen LogP contribution is 2.26. The van der Waals surface area contributed by atoms with Crippen molar-refractivity contribution in [2.45, 2.75) is 17.1 Å². The van der Waals surface area contributed by atoms with Gasteiger partial charge in [0.1, 0.15) is 11.1 Å². The van der Waals surface area contributed by atoms with Gasteiger partial charge in [0.2, 0.25) is 0 Å². The number of halogens is 1. The molecule has 2 heterocycles. The number of hydrogen-bond acceptors (Lipinski definition) is 4. The van der Waals surface area contributed by atoms with Gasteiger partial charge >= 0.3 is 0 Å². The number of fused-ring (bicyclic) bond motifs is 1. The first kappa shape index (κ1) is 17.6. The number of hydrogen-bond donors (Lipinski definition) is 0. The van der Waals surface area contributed by atoms with E-state index >= 15 is 0 Å². The number of aryl methyl sites for hydroxylation is 1. The molecule has 0 radical (unpaired) electrons. The predicted octanol–water partition coefficient (Wildman–Crippen LogP) is 2.98. The molecule has 3 aromatic rings. The molecular weight excluding hydrogens is 367 g/mol. The SMILES string of the molecule is Cc1ccnc2ccc(C(=O)N3CC(S(=O)(=O)c4ccc(F)cc4)C3)cc12. The third kappa shape index (κ3) is 3.08. The van der Waals surface area contributed by atoms with Crippen LogP contribution in [0.3, 0.4) is 0 Å². The van der Waals surface area contributed by atoms with Crippen LogP contribution < -0.4 is 0 Å². The highest BCUT2D eigenvalue weighted by molar-refractivity contribution is 7.92. The van der Waals surface area contributed by atoms with E-state index in [-0.39, 0.29) is 23.9 Å². The van der Waals surface area contributed by atoms with Gasteiger partial charge in [-0.25, -0.2) is 12.8 Å². The minimum absolute atomic E-state index is 0.0772. The summed E-state index contributed by atoms with van der Waals surface area (Å²) in [6.07, 6.45) is 1.72. The van der Waals surface area contributed by atoms with Crippen LogP contribution in [0.5, 0.6) is 0 Å². The first-order valence-electron chi connectivity index (χ1n) is 8.50. The lowest BCUT2D eigenvalue weighted by atomic mass is 10.0. The van der Waals surface area contributed by atoms with Gasteiger partial charge in [-0.15, -0.1) is 0 Å². The molecule has 1 fully saturated rings. The number of aromatic nitrogens is 1. The highest BCUT2D eigenvalue weighted by atomic mass is 32.2. The van der Waals surface area contributed by atoms with E-state index in [2.05, 4.69) is 4.98 Å². The molecule has 5 nitrogen and oxygen atoms in total. The monoisotopic (exact) mass is 384 g/mol. The van der Waals surface area contributed by atoms with Crippen molar-refractivity contribution in [2.24, 2.45) is 0 Å². The minimum Gasteiger partial charge on any atom is -0.336 e. The Labute approximate surface area is 156 Å². The summed E-state index contributed by atoms with van der Waals surface area (Å²) in [6, 6.07) is 11.9. The fraction of sp³-hybridized carbons (Fsp3) is 0.200. The third-order valence-corrected chi connectivity index (χ3v) is 7.03. The van der Waals surface area contributed by atoms with Gasteiger partial charge < -0.3 is 4.90 Å². The summed E-state index contributed by atoms with van der Waals surface area (Å²) in [7, 11) is -3.58. The Morgan fingerprint density at radius 2 is 1.81 bits per heavy atom. The molecule has 2 aromatic carbocycles. The molecule has 0 aliphatic carbocycles. The van der Waals surface area contributed by atoms with Crippen molar-refractivity contribution in [3.8, 4) is 0 Å². The Kier molecular flexibility index (Phi) is 4.19. The van der Waals surface area contributed by atoms with Gasteiger partial charge in [-0.3, -0.25) is 9.78 Å². The van der Waals surface area contributed by atoms with Crippen molar-refractivity contribution < 1.29 is 17.6 Å². The van der Waals surface area contributed by atoms with E-state index in [1.165, 1.54) is 17.0 Å². The Morgan fingerprint density at radius 1 is 1.11 bits per heavy atom.